The van der Waals surface area contributed by atoms with Crippen molar-refractivity contribution in [1.82, 2.24) is 0 Å². The lowest BCUT2D eigenvalue weighted by molar-refractivity contribution is 0.161. The molecule has 3 heteroatoms. The van der Waals surface area contributed by atoms with E-state index >= 15 is 0 Å². The van der Waals surface area contributed by atoms with Gasteiger partial charge in [-0.1, -0.05) is 46.3 Å². The van der Waals surface area contributed by atoms with Gasteiger partial charge in [-0.2, -0.15) is 0 Å². The van der Waals surface area contributed by atoms with E-state index < -0.39 is 6.10 Å². The summed E-state index contributed by atoms with van der Waals surface area (Å²) in [5, 5.41) is 10.0. The average Bonchev–Trinajstić information content (AvgIpc) is 2.44. The fraction of sp³-hybridized carbons (Fsp3) is 0.294. The topological polar surface area (TPSA) is 20.2 Å². The summed E-state index contributed by atoms with van der Waals surface area (Å²) in [4.78, 5) is 0. The van der Waals surface area contributed by atoms with E-state index in [2.05, 4.69) is 28.1 Å². The maximum absolute atomic E-state index is 13.6. The van der Waals surface area contributed by atoms with Gasteiger partial charge in [-0.05, 0) is 48.6 Å². The van der Waals surface area contributed by atoms with Crippen molar-refractivity contribution in [2.24, 2.45) is 0 Å². The molecule has 0 radical (unpaired) electrons. The first-order chi connectivity index (χ1) is 9.65. The van der Waals surface area contributed by atoms with Gasteiger partial charge >= 0.3 is 0 Å². The summed E-state index contributed by atoms with van der Waals surface area (Å²) < 4.78 is 14.4. The Balaban J connectivity index is 1.80. The second-order valence-corrected chi connectivity index (χ2v) is 5.89. The number of hydrogen-bond acceptors (Lipinski definition) is 1. The first-order valence-corrected chi connectivity index (χ1v) is 7.60. The molecule has 0 amide bonds. The van der Waals surface area contributed by atoms with Crippen LogP contribution in [0, 0.1) is 5.82 Å². The second kappa shape index (κ2) is 7.55. The predicted molar refractivity (Wildman–Crippen MR) is 83.2 cm³/mol. The zero-order valence-electron chi connectivity index (χ0n) is 11.2. The molecular weight excluding hydrogens is 319 g/mol. The highest BCUT2D eigenvalue weighted by Gasteiger charge is 2.10. The Labute approximate surface area is 127 Å². The van der Waals surface area contributed by atoms with Crippen LogP contribution in [0.2, 0.25) is 0 Å². The summed E-state index contributed by atoms with van der Waals surface area (Å²) in [6.45, 7) is 0. The highest BCUT2D eigenvalue weighted by molar-refractivity contribution is 9.10. The minimum absolute atomic E-state index is 0.254. The molecule has 0 spiro atoms. The molecule has 0 fully saturated rings. The quantitative estimate of drug-likeness (QED) is 0.822. The first-order valence-electron chi connectivity index (χ1n) is 6.81. The highest BCUT2D eigenvalue weighted by Crippen LogP contribution is 2.18. The number of aliphatic hydroxyl groups excluding tert-OH is 1. The normalized spacial score (nSPS) is 12.3. The SMILES string of the molecule is OC(CCCc1ccccc1)Cc1cc(Br)ccc1F. The van der Waals surface area contributed by atoms with Crippen molar-refractivity contribution < 1.29 is 9.50 Å². The molecule has 1 unspecified atom stereocenters. The van der Waals surface area contributed by atoms with E-state index in [0.717, 1.165) is 17.3 Å². The van der Waals surface area contributed by atoms with Crippen LogP contribution in [0.15, 0.2) is 53.0 Å². The third kappa shape index (κ3) is 4.73. The average molecular weight is 337 g/mol. The summed E-state index contributed by atoms with van der Waals surface area (Å²) >= 11 is 3.32. The summed E-state index contributed by atoms with van der Waals surface area (Å²) in [6.07, 6.45) is 2.39. The Morgan fingerprint density at radius 1 is 1.10 bits per heavy atom. The zero-order chi connectivity index (χ0) is 14.4. The van der Waals surface area contributed by atoms with Gasteiger partial charge in [0.2, 0.25) is 0 Å². The van der Waals surface area contributed by atoms with Gasteiger partial charge in [0.1, 0.15) is 5.82 Å². The van der Waals surface area contributed by atoms with Gasteiger partial charge < -0.3 is 5.11 Å². The summed E-state index contributed by atoms with van der Waals surface area (Å²) in [6, 6.07) is 15.0. The van der Waals surface area contributed by atoms with Crippen LogP contribution in [0.4, 0.5) is 4.39 Å². The van der Waals surface area contributed by atoms with E-state index in [1.54, 1.807) is 12.1 Å². The minimum atomic E-state index is -0.498. The lowest BCUT2D eigenvalue weighted by Gasteiger charge is -2.11. The molecule has 0 bridgehead atoms. The predicted octanol–water partition coefficient (Wildman–Crippen LogP) is 4.51. The minimum Gasteiger partial charge on any atom is -0.393 e. The van der Waals surface area contributed by atoms with Crippen LogP contribution in [0.25, 0.3) is 0 Å². The number of halogens is 2. The number of aryl methyl sites for hydroxylation is 1. The third-order valence-electron chi connectivity index (χ3n) is 3.31. The molecular formula is C17H18BrFO. The summed E-state index contributed by atoms with van der Waals surface area (Å²) in [5.74, 6) is -0.254. The van der Waals surface area contributed by atoms with E-state index in [1.165, 1.54) is 11.6 Å². The molecule has 0 saturated heterocycles. The standard InChI is InChI=1S/C17H18BrFO/c18-15-9-10-17(19)14(11-15)12-16(20)8-4-7-13-5-2-1-3-6-13/h1-3,5-6,9-11,16,20H,4,7-8,12H2. The fourth-order valence-electron chi connectivity index (χ4n) is 2.24. The first kappa shape index (κ1) is 15.2. The van der Waals surface area contributed by atoms with Crippen molar-refractivity contribution >= 4 is 15.9 Å². The largest absolute Gasteiger partial charge is 0.393 e. The molecule has 1 atom stereocenters. The molecule has 20 heavy (non-hydrogen) atoms. The van der Waals surface area contributed by atoms with Gasteiger partial charge in [0.05, 0.1) is 6.10 Å². The Hall–Kier alpha value is -1.19. The van der Waals surface area contributed by atoms with Gasteiger partial charge in [-0.3, -0.25) is 0 Å². The van der Waals surface area contributed by atoms with Crippen molar-refractivity contribution in [3.63, 3.8) is 0 Å². The maximum atomic E-state index is 13.6. The molecule has 1 nitrogen and oxygen atoms in total. The Morgan fingerprint density at radius 2 is 1.85 bits per heavy atom. The van der Waals surface area contributed by atoms with E-state index in [0.29, 0.717) is 18.4 Å². The molecule has 0 aliphatic carbocycles. The molecule has 106 valence electrons. The van der Waals surface area contributed by atoms with E-state index in [-0.39, 0.29) is 5.82 Å². The van der Waals surface area contributed by atoms with E-state index in [1.807, 2.05) is 18.2 Å². The molecule has 0 aliphatic heterocycles. The Bertz CT molecular complexity index is 542. The Kier molecular flexibility index (Phi) is 5.74. The molecule has 2 rings (SSSR count). The number of aliphatic hydroxyl groups is 1. The van der Waals surface area contributed by atoms with Crippen molar-refractivity contribution in [3.05, 3.63) is 69.9 Å². The van der Waals surface area contributed by atoms with Crippen LogP contribution in [0.3, 0.4) is 0 Å². The summed E-state index contributed by atoms with van der Waals surface area (Å²) in [5.41, 5.74) is 1.83. The third-order valence-corrected chi connectivity index (χ3v) is 3.80. The fourth-order valence-corrected chi connectivity index (χ4v) is 2.65. The lowest BCUT2D eigenvalue weighted by atomic mass is 10.0. The molecule has 1 N–H and O–H groups in total. The number of benzene rings is 2. The van der Waals surface area contributed by atoms with E-state index in [4.69, 9.17) is 0 Å². The molecule has 2 aromatic rings. The van der Waals surface area contributed by atoms with Crippen molar-refractivity contribution in [3.8, 4) is 0 Å². The second-order valence-electron chi connectivity index (χ2n) is 4.97. The van der Waals surface area contributed by atoms with Crippen LogP contribution in [-0.4, -0.2) is 11.2 Å². The van der Waals surface area contributed by atoms with Gasteiger partial charge in [-0.25, -0.2) is 4.39 Å². The molecule has 0 aliphatic rings. The van der Waals surface area contributed by atoms with Crippen molar-refractivity contribution in [1.29, 1.82) is 0 Å². The van der Waals surface area contributed by atoms with Crippen LogP contribution < -0.4 is 0 Å². The van der Waals surface area contributed by atoms with Crippen LogP contribution in [0.1, 0.15) is 24.0 Å². The molecule has 0 saturated carbocycles. The van der Waals surface area contributed by atoms with Crippen LogP contribution in [-0.2, 0) is 12.8 Å². The zero-order valence-corrected chi connectivity index (χ0v) is 12.8. The maximum Gasteiger partial charge on any atom is 0.126 e. The van der Waals surface area contributed by atoms with Crippen LogP contribution >= 0.6 is 15.9 Å². The van der Waals surface area contributed by atoms with Gasteiger partial charge in [-0.15, -0.1) is 0 Å². The lowest BCUT2D eigenvalue weighted by Crippen LogP contribution is -2.12. The monoisotopic (exact) mass is 336 g/mol. The van der Waals surface area contributed by atoms with Crippen molar-refractivity contribution in [2.45, 2.75) is 31.8 Å². The molecule has 2 aromatic carbocycles. The van der Waals surface area contributed by atoms with Crippen molar-refractivity contribution in [2.75, 3.05) is 0 Å². The summed E-state index contributed by atoms with van der Waals surface area (Å²) in [7, 11) is 0. The number of hydrogen-bond donors (Lipinski definition) is 1. The smallest absolute Gasteiger partial charge is 0.126 e. The molecule has 0 aromatic heterocycles. The number of rotatable bonds is 6. The van der Waals surface area contributed by atoms with Crippen LogP contribution in [0.5, 0.6) is 0 Å². The van der Waals surface area contributed by atoms with Gasteiger partial charge in [0.25, 0.3) is 0 Å². The molecule has 0 heterocycles. The van der Waals surface area contributed by atoms with Gasteiger partial charge in [0.15, 0.2) is 0 Å². The van der Waals surface area contributed by atoms with Gasteiger partial charge in [0, 0.05) is 10.9 Å². The van der Waals surface area contributed by atoms with E-state index in [9.17, 15) is 9.50 Å². The highest BCUT2D eigenvalue weighted by atomic mass is 79.9. The Morgan fingerprint density at radius 3 is 2.60 bits per heavy atom.